The number of anilines is 1. The summed E-state index contributed by atoms with van der Waals surface area (Å²) in [6.07, 6.45) is 4.16. The van der Waals surface area contributed by atoms with Gasteiger partial charge in [0.1, 0.15) is 11.5 Å². The summed E-state index contributed by atoms with van der Waals surface area (Å²) in [6.45, 7) is 6.96. The standard InChI is InChI=1S/C19H25N5OS/c25-19(17-14-26-15-21-17)24-7-3-4-16(13-24)12-22-8-10-23(11-9-22)18-5-1-2-6-20-18/h1-2,5-6,14-16H,3-4,7-13H2/t16-/m1/s1. The molecule has 4 rings (SSSR count). The zero-order valence-electron chi connectivity index (χ0n) is 15.0. The van der Waals surface area contributed by atoms with Crippen molar-refractivity contribution in [3.63, 3.8) is 0 Å². The average Bonchev–Trinajstić information content (AvgIpc) is 3.24. The number of hydrogen-bond donors (Lipinski definition) is 0. The van der Waals surface area contributed by atoms with Gasteiger partial charge >= 0.3 is 0 Å². The van der Waals surface area contributed by atoms with Crippen LogP contribution in [0.3, 0.4) is 0 Å². The summed E-state index contributed by atoms with van der Waals surface area (Å²) in [6, 6.07) is 6.09. The summed E-state index contributed by atoms with van der Waals surface area (Å²) in [5, 5.41) is 1.85. The van der Waals surface area contributed by atoms with Crippen LogP contribution >= 0.6 is 11.3 Å². The zero-order chi connectivity index (χ0) is 17.8. The summed E-state index contributed by atoms with van der Waals surface area (Å²) in [5.41, 5.74) is 2.33. The number of pyridine rings is 1. The molecule has 138 valence electrons. The lowest BCUT2D eigenvalue weighted by atomic mass is 9.97. The van der Waals surface area contributed by atoms with Crippen molar-refractivity contribution in [1.29, 1.82) is 0 Å². The van der Waals surface area contributed by atoms with Gasteiger partial charge in [-0.15, -0.1) is 11.3 Å². The van der Waals surface area contributed by atoms with Crippen molar-refractivity contribution in [2.75, 3.05) is 50.7 Å². The van der Waals surface area contributed by atoms with Crippen LogP contribution in [0.5, 0.6) is 0 Å². The van der Waals surface area contributed by atoms with E-state index in [2.05, 4.69) is 25.8 Å². The highest BCUT2D eigenvalue weighted by atomic mass is 32.1. The second-order valence-corrected chi connectivity index (χ2v) is 7.83. The summed E-state index contributed by atoms with van der Waals surface area (Å²) in [7, 11) is 0. The Kier molecular flexibility index (Phi) is 5.45. The van der Waals surface area contributed by atoms with Gasteiger partial charge in [-0.05, 0) is 30.9 Å². The summed E-state index contributed by atoms with van der Waals surface area (Å²) < 4.78 is 0. The monoisotopic (exact) mass is 371 g/mol. The fourth-order valence-corrected chi connectivity index (χ4v) is 4.47. The van der Waals surface area contributed by atoms with Crippen molar-refractivity contribution in [2.24, 2.45) is 5.92 Å². The van der Waals surface area contributed by atoms with Crippen molar-refractivity contribution in [1.82, 2.24) is 19.8 Å². The maximum Gasteiger partial charge on any atom is 0.273 e. The Morgan fingerprint density at radius 2 is 2.04 bits per heavy atom. The van der Waals surface area contributed by atoms with E-state index in [0.717, 1.165) is 58.1 Å². The second-order valence-electron chi connectivity index (χ2n) is 7.11. The number of carbonyl (C=O) groups is 1. The van der Waals surface area contributed by atoms with Gasteiger partial charge in [0.25, 0.3) is 5.91 Å². The highest BCUT2D eigenvalue weighted by molar-refractivity contribution is 7.07. The Morgan fingerprint density at radius 3 is 2.77 bits per heavy atom. The maximum atomic E-state index is 12.5. The first-order valence-electron chi connectivity index (χ1n) is 9.35. The van der Waals surface area contributed by atoms with E-state index in [1.807, 2.05) is 28.6 Å². The third-order valence-corrected chi connectivity index (χ3v) is 5.91. The number of nitrogens with zero attached hydrogens (tertiary/aromatic N) is 5. The molecule has 0 N–H and O–H groups in total. The third kappa shape index (κ3) is 4.04. The number of carbonyl (C=O) groups excluding carboxylic acids is 1. The first-order chi connectivity index (χ1) is 12.8. The average molecular weight is 372 g/mol. The van der Waals surface area contributed by atoms with Gasteiger partial charge < -0.3 is 9.80 Å². The van der Waals surface area contributed by atoms with Gasteiger partial charge in [-0.2, -0.15) is 0 Å². The van der Waals surface area contributed by atoms with Crippen LogP contribution in [0.25, 0.3) is 0 Å². The number of amides is 1. The van der Waals surface area contributed by atoms with E-state index in [-0.39, 0.29) is 5.91 Å². The Morgan fingerprint density at radius 1 is 1.15 bits per heavy atom. The molecule has 26 heavy (non-hydrogen) atoms. The predicted molar refractivity (Wildman–Crippen MR) is 104 cm³/mol. The molecular weight excluding hydrogens is 346 g/mol. The molecule has 2 aliphatic rings. The molecule has 2 saturated heterocycles. The van der Waals surface area contributed by atoms with E-state index < -0.39 is 0 Å². The molecule has 2 aliphatic heterocycles. The Bertz CT molecular complexity index is 700. The van der Waals surface area contributed by atoms with E-state index >= 15 is 0 Å². The number of piperidine rings is 1. The van der Waals surface area contributed by atoms with Crippen LogP contribution < -0.4 is 4.90 Å². The molecule has 2 aromatic heterocycles. The maximum absolute atomic E-state index is 12.5. The molecule has 0 aliphatic carbocycles. The molecule has 6 nitrogen and oxygen atoms in total. The quantitative estimate of drug-likeness (QED) is 0.825. The molecule has 0 unspecified atom stereocenters. The van der Waals surface area contributed by atoms with Gasteiger partial charge in [0.2, 0.25) is 0 Å². The Labute approximate surface area is 158 Å². The van der Waals surface area contributed by atoms with Crippen molar-refractivity contribution >= 4 is 23.1 Å². The molecule has 0 radical (unpaired) electrons. The lowest BCUT2D eigenvalue weighted by Gasteiger charge is -2.39. The first kappa shape index (κ1) is 17.4. The summed E-state index contributed by atoms with van der Waals surface area (Å²) in [5.74, 6) is 1.73. The van der Waals surface area contributed by atoms with Crippen LogP contribution in [-0.2, 0) is 0 Å². The van der Waals surface area contributed by atoms with Crippen LogP contribution in [0, 0.1) is 5.92 Å². The molecule has 0 bridgehead atoms. The van der Waals surface area contributed by atoms with Crippen molar-refractivity contribution in [3.8, 4) is 0 Å². The van der Waals surface area contributed by atoms with Crippen molar-refractivity contribution in [2.45, 2.75) is 12.8 Å². The van der Waals surface area contributed by atoms with Gasteiger partial charge in [0.05, 0.1) is 5.51 Å². The van der Waals surface area contributed by atoms with Crippen LogP contribution in [0.2, 0.25) is 0 Å². The smallest absolute Gasteiger partial charge is 0.273 e. The Hall–Kier alpha value is -1.99. The number of aromatic nitrogens is 2. The number of piperazine rings is 1. The number of rotatable bonds is 4. The topological polar surface area (TPSA) is 52.6 Å². The van der Waals surface area contributed by atoms with Gasteiger partial charge in [-0.25, -0.2) is 9.97 Å². The first-order valence-corrected chi connectivity index (χ1v) is 10.3. The number of likely N-dealkylation sites (tertiary alicyclic amines) is 1. The normalized spacial score (nSPS) is 21.8. The van der Waals surface area contributed by atoms with Crippen LogP contribution in [-0.4, -0.2) is 71.5 Å². The molecule has 4 heterocycles. The largest absolute Gasteiger partial charge is 0.354 e. The molecular formula is C19H25N5OS. The predicted octanol–water partition coefficient (Wildman–Crippen LogP) is 2.21. The van der Waals surface area contributed by atoms with Gasteiger partial charge in [0, 0.05) is 57.4 Å². The minimum atomic E-state index is 0.0934. The second kappa shape index (κ2) is 8.14. The van der Waals surface area contributed by atoms with Gasteiger partial charge in [0.15, 0.2) is 0 Å². The minimum absolute atomic E-state index is 0.0934. The number of hydrogen-bond acceptors (Lipinski definition) is 6. The SMILES string of the molecule is O=C(c1cscn1)N1CCC[C@H](CN2CCN(c3ccccn3)CC2)C1. The van der Waals surface area contributed by atoms with E-state index in [1.165, 1.54) is 17.8 Å². The highest BCUT2D eigenvalue weighted by Crippen LogP contribution is 2.21. The fourth-order valence-electron chi connectivity index (χ4n) is 3.94. The Balaban J connectivity index is 1.27. The van der Waals surface area contributed by atoms with E-state index in [4.69, 9.17) is 0 Å². The molecule has 0 spiro atoms. The number of thiazole rings is 1. The van der Waals surface area contributed by atoms with Gasteiger partial charge in [-0.3, -0.25) is 9.69 Å². The van der Waals surface area contributed by atoms with E-state index in [1.54, 1.807) is 5.51 Å². The van der Waals surface area contributed by atoms with Crippen LogP contribution in [0.15, 0.2) is 35.3 Å². The summed E-state index contributed by atoms with van der Waals surface area (Å²) >= 11 is 1.48. The van der Waals surface area contributed by atoms with E-state index in [9.17, 15) is 4.79 Å². The van der Waals surface area contributed by atoms with Crippen molar-refractivity contribution < 1.29 is 4.79 Å². The van der Waals surface area contributed by atoms with Gasteiger partial charge in [-0.1, -0.05) is 6.07 Å². The lowest BCUT2D eigenvalue weighted by Crippen LogP contribution is -2.50. The molecule has 2 aromatic rings. The minimum Gasteiger partial charge on any atom is -0.354 e. The lowest BCUT2D eigenvalue weighted by molar-refractivity contribution is 0.0632. The third-order valence-electron chi connectivity index (χ3n) is 5.32. The molecule has 0 saturated carbocycles. The van der Waals surface area contributed by atoms with Crippen molar-refractivity contribution in [3.05, 3.63) is 41.0 Å². The molecule has 7 heteroatoms. The molecule has 2 fully saturated rings. The summed E-state index contributed by atoms with van der Waals surface area (Å²) in [4.78, 5) is 28.1. The van der Waals surface area contributed by atoms with Crippen LogP contribution in [0.4, 0.5) is 5.82 Å². The highest BCUT2D eigenvalue weighted by Gasteiger charge is 2.28. The molecule has 1 amide bonds. The molecule has 0 aromatic carbocycles. The zero-order valence-corrected chi connectivity index (χ0v) is 15.8. The molecule has 1 atom stereocenters. The fraction of sp³-hybridized carbons (Fsp3) is 0.526. The van der Waals surface area contributed by atoms with Crippen LogP contribution in [0.1, 0.15) is 23.3 Å². The van der Waals surface area contributed by atoms with E-state index in [0.29, 0.717) is 11.6 Å².